The number of barbiturate groups is 1. The molecule has 77 heavy (non-hydrogen) atoms. The Hall–Kier alpha value is -6.09. The van der Waals surface area contributed by atoms with Crippen LogP contribution in [0.2, 0.25) is 0 Å². The minimum absolute atomic E-state index is 0.112. The predicted molar refractivity (Wildman–Crippen MR) is 318 cm³/mol. The largest absolute Gasteiger partial charge is 0.490 e. The van der Waals surface area contributed by atoms with Crippen molar-refractivity contribution in [2.75, 3.05) is 19.8 Å². The van der Waals surface area contributed by atoms with Crippen LogP contribution in [0.25, 0.3) is 39.1 Å². The molecule has 5 aromatic rings. The van der Waals surface area contributed by atoms with Crippen molar-refractivity contribution in [2.24, 2.45) is 11.8 Å². The lowest BCUT2D eigenvalue weighted by molar-refractivity contribution is -0.123. The van der Waals surface area contributed by atoms with Gasteiger partial charge < -0.3 is 18.9 Å². The number of imide groups is 2. The first kappa shape index (κ1) is 60.1. The summed E-state index contributed by atoms with van der Waals surface area (Å²) in [7, 11) is 0. The van der Waals surface area contributed by atoms with E-state index in [1.165, 1.54) is 128 Å². The van der Waals surface area contributed by atoms with Crippen molar-refractivity contribution in [2.45, 2.75) is 195 Å². The van der Waals surface area contributed by atoms with Gasteiger partial charge in [0.25, 0.3) is 11.8 Å². The Balaban J connectivity index is 1.10. The molecule has 0 spiro atoms. The van der Waals surface area contributed by atoms with Gasteiger partial charge in [-0.25, -0.2) is 4.79 Å². The van der Waals surface area contributed by atoms with Gasteiger partial charge in [-0.15, -0.1) is 0 Å². The van der Waals surface area contributed by atoms with Crippen LogP contribution >= 0.6 is 0 Å². The van der Waals surface area contributed by atoms with E-state index in [-0.39, 0.29) is 5.57 Å². The lowest BCUT2D eigenvalue weighted by atomic mass is 9.97. The summed E-state index contributed by atoms with van der Waals surface area (Å²) in [5.74, 6) is 2.91. The Kier molecular flexibility index (Phi) is 26.5. The Labute approximate surface area is 462 Å². The van der Waals surface area contributed by atoms with Gasteiger partial charge in [-0.2, -0.15) is 0 Å². The van der Waals surface area contributed by atoms with Crippen LogP contribution in [0.5, 0.6) is 23.0 Å². The number of hydrogen-bond acceptors (Lipinski definition) is 7. The fourth-order valence-electron chi connectivity index (χ4n) is 10.1. The second-order valence-electron chi connectivity index (χ2n) is 22.1. The average molecular weight is 1050 g/mol. The van der Waals surface area contributed by atoms with Crippen LogP contribution in [0.3, 0.4) is 0 Å². The van der Waals surface area contributed by atoms with Crippen LogP contribution in [0.1, 0.15) is 200 Å². The number of carbonyl (C=O) groups is 3. The molecule has 1 fully saturated rings. The summed E-state index contributed by atoms with van der Waals surface area (Å²) >= 11 is 0. The fraction of sp³-hybridized carbons (Fsp3) is 0.515. The molecule has 9 nitrogen and oxygen atoms in total. The summed E-state index contributed by atoms with van der Waals surface area (Å²) in [6.07, 6.45) is 31.8. The van der Waals surface area contributed by atoms with Crippen LogP contribution in [0.4, 0.5) is 4.79 Å². The molecule has 2 N–H and O–H groups in total. The molecule has 4 amide bonds. The number of carbonyl (C=O) groups excluding carboxylic acids is 3. The molecule has 1 unspecified atom stereocenters. The topological polar surface area (TPSA) is 112 Å². The van der Waals surface area contributed by atoms with Gasteiger partial charge in [0.2, 0.25) is 5.75 Å². The first-order valence-corrected chi connectivity index (χ1v) is 29.9. The van der Waals surface area contributed by atoms with Gasteiger partial charge in [-0.3, -0.25) is 20.2 Å². The van der Waals surface area contributed by atoms with Crippen molar-refractivity contribution in [3.63, 3.8) is 0 Å². The summed E-state index contributed by atoms with van der Waals surface area (Å²) in [6.45, 7) is 13.8. The summed E-state index contributed by atoms with van der Waals surface area (Å²) in [5, 5.41) is 6.46. The minimum atomic E-state index is -0.815. The number of rotatable bonds is 38. The van der Waals surface area contributed by atoms with E-state index < -0.39 is 17.8 Å². The molecule has 0 bridgehead atoms. The molecule has 0 radical (unpaired) electrons. The molecule has 1 saturated heterocycles. The van der Waals surface area contributed by atoms with Crippen LogP contribution < -0.4 is 29.6 Å². The Morgan fingerprint density at radius 3 is 1.38 bits per heavy atom. The van der Waals surface area contributed by atoms with E-state index in [1.807, 2.05) is 36.4 Å². The van der Waals surface area contributed by atoms with E-state index in [2.05, 4.69) is 106 Å². The van der Waals surface area contributed by atoms with Gasteiger partial charge in [-0.05, 0) is 118 Å². The second kappa shape index (κ2) is 33.9. The highest BCUT2D eigenvalue weighted by atomic mass is 16.5. The summed E-state index contributed by atoms with van der Waals surface area (Å²) < 4.78 is 26.5. The number of nitrogens with one attached hydrogen (secondary N) is 2. The molecule has 1 aliphatic rings. The number of benzene rings is 5. The number of amides is 4. The zero-order valence-corrected chi connectivity index (χ0v) is 47.6. The summed E-state index contributed by atoms with van der Waals surface area (Å²) in [5.41, 5.74) is 5.81. The smallest absolute Gasteiger partial charge is 0.328 e. The van der Waals surface area contributed by atoms with Crippen LogP contribution in [0, 0.1) is 11.8 Å². The van der Waals surface area contributed by atoms with Gasteiger partial charge in [0.05, 0.1) is 19.8 Å². The monoisotopic (exact) mass is 1050 g/mol. The van der Waals surface area contributed by atoms with Crippen LogP contribution in [0.15, 0.2) is 103 Å². The van der Waals surface area contributed by atoms with Crippen molar-refractivity contribution in [1.29, 1.82) is 0 Å². The zero-order chi connectivity index (χ0) is 54.5. The van der Waals surface area contributed by atoms with E-state index >= 15 is 0 Å². The minimum Gasteiger partial charge on any atom is -0.490 e. The SMILES string of the molecule is CCCCCCCCCCCCOc1cc(COc2ccc(-c3ccc4cc(-c5ccc(C=C6C(=O)NC(=O)NC6=O)cc5)ccc4c3)cc2)cc(OCCCCCCCCCCCC)c1OCCC(C)CCCC(C)C. The van der Waals surface area contributed by atoms with Gasteiger partial charge in [0, 0.05) is 0 Å². The lowest BCUT2D eigenvalue weighted by Gasteiger charge is -2.20. The predicted octanol–water partition coefficient (Wildman–Crippen LogP) is 18.3. The third-order valence-corrected chi connectivity index (χ3v) is 14.9. The van der Waals surface area contributed by atoms with Gasteiger partial charge in [-0.1, -0.05) is 230 Å². The number of hydrogen-bond donors (Lipinski definition) is 2. The third kappa shape index (κ3) is 21.3. The third-order valence-electron chi connectivity index (χ3n) is 14.9. The standard InChI is InChI=1S/C68H92N2O7/c1-6-8-10-12-14-16-18-20-22-24-42-74-63-46-54(47-64(65(63)76-44-41-52(5)28-26-27-51(3)4)75-43-25-23-21-19-17-15-13-11-9-7-2)50-77-61-39-37-56(38-40-61)58-34-36-59-48-57(33-35-60(59)49-58)55-31-29-53(30-32-55)45-62-66(71)69-68(73)70-67(62)72/h29-40,45-49,51-52H,6-28,41-44,50H2,1-5H3,(H2,69,70,71,72,73). The highest BCUT2D eigenvalue weighted by molar-refractivity contribution is 6.31. The van der Waals surface area contributed by atoms with E-state index in [4.69, 9.17) is 18.9 Å². The fourth-order valence-corrected chi connectivity index (χ4v) is 10.1. The molecule has 9 heteroatoms. The van der Waals surface area contributed by atoms with Gasteiger partial charge in [0.15, 0.2) is 11.5 Å². The highest BCUT2D eigenvalue weighted by Gasteiger charge is 2.27. The van der Waals surface area contributed by atoms with Crippen molar-refractivity contribution >= 4 is 34.7 Å². The molecule has 1 heterocycles. The van der Waals surface area contributed by atoms with E-state index in [1.54, 1.807) is 0 Å². The average Bonchev–Trinajstić information content (AvgIpc) is 3.43. The maximum atomic E-state index is 12.2. The summed E-state index contributed by atoms with van der Waals surface area (Å²) in [4.78, 5) is 35.8. The first-order chi connectivity index (χ1) is 37.6. The molecule has 0 aliphatic carbocycles. The molecule has 416 valence electrons. The maximum absolute atomic E-state index is 12.2. The number of fused-ring (bicyclic) bond motifs is 1. The normalized spacial score (nSPS) is 13.0. The van der Waals surface area contributed by atoms with Crippen molar-refractivity contribution in [1.82, 2.24) is 10.6 Å². The van der Waals surface area contributed by atoms with Gasteiger partial charge in [0.1, 0.15) is 17.9 Å². The lowest BCUT2D eigenvalue weighted by Crippen LogP contribution is -2.51. The Morgan fingerprint density at radius 1 is 0.442 bits per heavy atom. The molecular weight excluding hydrogens is 957 g/mol. The number of ether oxygens (including phenoxy) is 4. The quantitative estimate of drug-likeness (QED) is 0.0230. The van der Waals surface area contributed by atoms with Crippen molar-refractivity contribution in [3.8, 4) is 45.3 Å². The number of urea groups is 1. The molecular formula is C68H92N2O7. The molecule has 0 aromatic heterocycles. The zero-order valence-electron chi connectivity index (χ0n) is 47.6. The van der Waals surface area contributed by atoms with Crippen LogP contribution in [-0.4, -0.2) is 37.7 Å². The molecule has 5 aromatic carbocycles. The van der Waals surface area contributed by atoms with Gasteiger partial charge >= 0.3 is 6.03 Å². The van der Waals surface area contributed by atoms with Crippen molar-refractivity contribution in [3.05, 3.63) is 114 Å². The molecule has 6 rings (SSSR count). The van der Waals surface area contributed by atoms with E-state index in [9.17, 15) is 14.4 Å². The second-order valence-corrected chi connectivity index (χ2v) is 22.1. The van der Waals surface area contributed by atoms with Crippen LogP contribution in [-0.2, 0) is 16.2 Å². The van der Waals surface area contributed by atoms with E-state index in [0.29, 0.717) is 37.9 Å². The Morgan fingerprint density at radius 2 is 0.896 bits per heavy atom. The maximum Gasteiger partial charge on any atom is 0.328 e. The highest BCUT2D eigenvalue weighted by Crippen LogP contribution is 2.40. The molecule has 1 aliphatic heterocycles. The van der Waals surface area contributed by atoms with Crippen molar-refractivity contribution < 1.29 is 33.3 Å². The summed E-state index contributed by atoms with van der Waals surface area (Å²) in [6, 6.07) is 32.2. The number of unbranched alkanes of at least 4 members (excludes halogenated alkanes) is 18. The molecule has 1 atom stereocenters. The van der Waals surface area contributed by atoms with E-state index in [0.717, 1.165) is 99.6 Å². The molecule has 0 saturated carbocycles. The first-order valence-electron chi connectivity index (χ1n) is 29.9. The Bertz CT molecular complexity index is 2510.